The Bertz CT molecular complexity index is 1040. The van der Waals surface area contributed by atoms with Crippen LogP contribution < -0.4 is 15.2 Å². The number of methoxy groups -OCH3 is 1. The molecule has 0 aliphatic rings. The highest BCUT2D eigenvalue weighted by Gasteiger charge is 2.20. The molecule has 26 heavy (non-hydrogen) atoms. The first-order chi connectivity index (χ1) is 12.3. The van der Waals surface area contributed by atoms with E-state index in [1.807, 2.05) is 30.3 Å². The SMILES string of the molecule is COc1ccc(S(N)(=O)=O)cc1C(=O)N[C@H](C)c1cc2ccccc2o1. The summed E-state index contributed by atoms with van der Waals surface area (Å²) in [7, 11) is -2.54. The first kappa shape index (κ1) is 18.0. The average Bonchev–Trinajstić information content (AvgIpc) is 3.04. The molecule has 0 saturated carbocycles. The minimum atomic E-state index is -3.94. The summed E-state index contributed by atoms with van der Waals surface area (Å²) < 4.78 is 34.0. The molecule has 0 aliphatic carbocycles. The molecule has 3 rings (SSSR count). The summed E-state index contributed by atoms with van der Waals surface area (Å²) in [4.78, 5) is 12.5. The van der Waals surface area contributed by atoms with Gasteiger partial charge in [0.1, 0.15) is 17.1 Å². The quantitative estimate of drug-likeness (QED) is 0.713. The standard InChI is InChI=1S/C18H18N2O5S/c1-11(17-9-12-5-3-4-6-15(12)25-17)20-18(21)14-10-13(26(19,22)23)7-8-16(14)24-2/h3-11H,1-2H3,(H,20,21)(H2,19,22,23)/t11-/m1/s1. The van der Waals surface area contributed by atoms with Gasteiger partial charge in [0.2, 0.25) is 10.0 Å². The maximum absolute atomic E-state index is 12.6. The molecule has 7 nitrogen and oxygen atoms in total. The van der Waals surface area contributed by atoms with Gasteiger partial charge >= 0.3 is 0 Å². The van der Waals surface area contributed by atoms with Crippen molar-refractivity contribution in [3.05, 3.63) is 59.9 Å². The normalized spacial score (nSPS) is 12.7. The van der Waals surface area contributed by atoms with Crippen molar-refractivity contribution >= 4 is 26.9 Å². The lowest BCUT2D eigenvalue weighted by atomic mass is 10.1. The van der Waals surface area contributed by atoms with E-state index in [0.717, 1.165) is 11.0 Å². The van der Waals surface area contributed by atoms with Gasteiger partial charge in [-0.2, -0.15) is 0 Å². The lowest BCUT2D eigenvalue weighted by molar-refractivity contribution is 0.0932. The summed E-state index contributed by atoms with van der Waals surface area (Å²) in [6.07, 6.45) is 0. The predicted molar refractivity (Wildman–Crippen MR) is 96.5 cm³/mol. The summed E-state index contributed by atoms with van der Waals surface area (Å²) >= 11 is 0. The molecule has 0 fully saturated rings. The highest BCUT2D eigenvalue weighted by molar-refractivity contribution is 7.89. The van der Waals surface area contributed by atoms with E-state index in [9.17, 15) is 13.2 Å². The smallest absolute Gasteiger partial charge is 0.255 e. The van der Waals surface area contributed by atoms with E-state index in [-0.39, 0.29) is 16.2 Å². The zero-order valence-corrected chi connectivity index (χ0v) is 15.0. The van der Waals surface area contributed by atoms with Crippen molar-refractivity contribution in [3.63, 3.8) is 0 Å². The van der Waals surface area contributed by atoms with Crippen LogP contribution in [0.1, 0.15) is 29.1 Å². The molecule has 2 aromatic carbocycles. The maximum atomic E-state index is 12.6. The van der Waals surface area contributed by atoms with Crippen molar-refractivity contribution in [2.75, 3.05) is 7.11 Å². The second kappa shape index (κ2) is 6.81. The first-order valence-corrected chi connectivity index (χ1v) is 9.34. The van der Waals surface area contributed by atoms with Gasteiger partial charge in [-0.25, -0.2) is 13.6 Å². The van der Waals surface area contributed by atoms with Crippen molar-refractivity contribution in [2.45, 2.75) is 17.9 Å². The number of sulfonamides is 1. The lowest BCUT2D eigenvalue weighted by Gasteiger charge is -2.14. The van der Waals surface area contributed by atoms with Gasteiger partial charge in [0, 0.05) is 5.39 Å². The van der Waals surface area contributed by atoms with Crippen LogP contribution in [0.25, 0.3) is 11.0 Å². The van der Waals surface area contributed by atoms with Crippen molar-refractivity contribution in [1.29, 1.82) is 0 Å². The van der Waals surface area contributed by atoms with Crippen molar-refractivity contribution in [2.24, 2.45) is 5.14 Å². The summed E-state index contributed by atoms with van der Waals surface area (Å²) in [5.74, 6) is 0.327. The van der Waals surface area contributed by atoms with Crippen LogP contribution in [-0.4, -0.2) is 21.4 Å². The van der Waals surface area contributed by atoms with Gasteiger partial charge in [-0.1, -0.05) is 18.2 Å². The number of para-hydroxylation sites is 1. The number of nitrogens with one attached hydrogen (secondary N) is 1. The fraction of sp³-hybridized carbons (Fsp3) is 0.167. The Morgan fingerprint density at radius 3 is 2.58 bits per heavy atom. The van der Waals surface area contributed by atoms with E-state index < -0.39 is 22.0 Å². The van der Waals surface area contributed by atoms with Crippen LogP contribution >= 0.6 is 0 Å². The van der Waals surface area contributed by atoms with E-state index in [2.05, 4.69) is 5.32 Å². The number of hydrogen-bond acceptors (Lipinski definition) is 5. The molecular weight excluding hydrogens is 356 g/mol. The number of nitrogens with two attached hydrogens (primary N) is 1. The molecule has 1 amide bonds. The number of carbonyl (C=O) groups is 1. The molecule has 0 spiro atoms. The average molecular weight is 374 g/mol. The van der Waals surface area contributed by atoms with E-state index in [1.165, 1.54) is 25.3 Å². The van der Waals surface area contributed by atoms with Gasteiger partial charge in [0.25, 0.3) is 5.91 Å². The van der Waals surface area contributed by atoms with Gasteiger partial charge in [0.15, 0.2) is 0 Å². The minimum absolute atomic E-state index is 0.0713. The van der Waals surface area contributed by atoms with Crippen LogP contribution in [0, 0.1) is 0 Å². The van der Waals surface area contributed by atoms with Gasteiger partial charge in [-0.3, -0.25) is 4.79 Å². The fourth-order valence-corrected chi connectivity index (χ4v) is 3.14. The Morgan fingerprint density at radius 2 is 1.92 bits per heavy atom. The molecule has 0 bridgehead atoms. The van der Waals surface area contributed by atoms with Gasteiger partial charge in [-0.15, -0.1) is 0 Å². The zero-order chi connectivity index (χ0) is 18.9. The monoisotopic (exact) mass is 374 g/mol. The topological polar surface area (TPSA) is 112 Å². The van der Waals surface area contributed by atoms with Crippen LogP contribution in [0.4, 0.5) is 0 Å². The number of furan rings is 1. The summed E-state index contributed by atoms with van der Waals surface area (Å²) in [6.45, 7) is 1.77. The Labute approximate surface area is 150 Å². The number of fused-ring (bicyclic) bond motifs is 1. The number of benzene rings is 2. The fourth-order valence-electron chi connectivity index (χ4n) is 2.60. The number of ether oxygens (including phenoxy) is 1. The van der Waals surface area contributed by atoms with E-state index in [4.69, 9.17) is 14.3 Å². The molecular formula is C18H18N2O5S. The third-order valence-corrected chi connectivity index (χ3v) is 4.87. The number of hydrogen-bond donors (Lipinski definition) is 2. The summed E-state index contributed by atoms with van der Waals surface area (Å²) in [6, 6.07) is 12.8. The number of primary sulfonamides is 1. The molecule has 0 radical (unpaired) electrons. The maximum Gasteiger partial charge on any atom is 0.255 e. The van der Waals surface area contributed by atoms with E-state index in [1.54, 1.807) is 6.92 Å². The Kier molecular flexibility index (Phi) is 4.71. The molecule has 1 heterocycles. The first-order valence-electron chi connectivity index (χ1n) is 7.80. The molecule has 3 N–H and O–H groups in total. The highest BCUT2D eigenvalue weighted by Crippen LogP contribution is 2.26. The zero-order valence-electron chi connectivity index (χ0n) is 14.2. The Hall–Kier alpha value is -2.84. The van der Waals surface area contributed by atoms with Crippen molar-refractivity contribution in [1.82, 2.24) is 5.32 Å². The largest absolute Gasteiger partial charge is 0.496 e. The second-order valence-electron chi connectivity index (χ2n) is 5.79. The molecule has 136 valence electrons. The number of rotatable bonds is 5. The third-order valence-electron chi connectivity index (χ3n) is 3.96. The lowest BCUT2D eigenvalue weighted by Crippen LogP contribution is -2.27. The second-order valence-corrected chi connectivity index (χ2v) is 7.35. The third kappa shape index (κ3) is 3.56. The number of carbonyl (C=O) groups excluding carboxylic acids is 1. The van der Waals surface area contributed by atoms with Crippen LogP contribution in [0.15, 0.2) is 57.8 Å². The van der Waals surface area contributed by atoms with Gasteiger partial charge < -0.3 is 14.5 Å². The molecule has 8 heteroatoms. The van der Waals surface area contributed by atoms with Crippen LogP contribution in [0.5, 0.6) is 5.75 Å². The Balaban J connectivity index is 1.89. The van der Waals surface area contributed by atoms with Crippen molar-refractivity contribution in [3.8, 4) is 5.75 Å². The van der Waals surface area contributed by atoms with Crippen LogP contribution in [0.3, 0.4) is 0 Å². The van der Waals surface area contributed by atoms with Crippen LogP contribution in [-0.2, 0) is 10.0 Å². The van der Waals surface area contributed by atoms with E-state index >= 15 is 0 Å². The van der Waals surface area contributed by atoms with Gasteiger partial charge in [-0.05, 0) is 37.3 Å². The molecule has 0 saturated heterocycles. The molecule has 0 unspecified atom stereocenters. The Morgan fingerprint density at radius 1 is 1.19 bits per heavy atom. The summed E-state index contributed by atoms with van der Waals surface area (Å²) in [5.41, 5.74) is 0.791. The summed E-state index contributed by atoms with van der Waals surface area (Å²) in [5, 5.41) is 8.84. The highest BCUT2D eigenvalue weighted by atomic mass is 32.2. The van der Waals surface area contributed by atoms with Gasteiger partial charge in [0.05, 0.1) is 23.6 Å². The van der Waals surface area contributed by atoms with E-state index in [0.29, 0.717) is 5.76 Å². The predicted octanol–water partition coefficient (Wildman–Crippen LogP) is 2.58. The molecule has 1 aromatic heterocycles. The molecule has 3 aromatic rings. The van der Waals surface area contributed by atoms with Crippen molar-refractivity contribution < 1.29 is 22.4 Å². The minimum Gasteiger partial charge on any atom is -0.496 e. The molecule has 0 aliphatic heterocycles. The molecule has 1 atom stereocenters. The number of amides is 1. The van der Waals surface area contributed by atoms with Crippen LogP contribution in [0.2, 0.25) is 0 Å².